The average molecular weight is 383 g/mol. The van der Waals surface area contributed by atoms with Crippen molar-refractivity contribution >= 4 is 20.0 Å². The van der Waals surface area contributed by atoms with Gasteiger partial charge in [0.2, 0.25) is 20.0 Å². The number of sulfonamides is 2. The van der Waals surface area contributed by atoms with Gasteiger partial charge in [0.15, 0.2) is 0 Å². The molecule has 1 atom stereocenters. The molecule has 2 N–H and O–H groups in total. The van der Waals surface area contributed by atoms with Gasteiger partial charge in [0.05, 0.1) is 22.5 Å². The number of ether oxygens (including phenoxy) is 1. The molecule has 0 saturated carbocycles. The number of pyridine rings is 1. The summed E-state index contributed by atoms with van der Waals surface area (Å²) in [5.74, 6) is 0.572. The zero-order chi connectivity index (χ0) is 18.1. The van der Waals surface area contributed by atoms with Crippen LogP contribution in [-0.2, 0) is 20.0 Å². The first-order chi connectivity index (χ1) is 11.8. The van der Waals surface area contributed by atoms with Gasteiger partial charge in [-0.25, -0.2) is 22.0 Å². The highest BCUT2D eigenvalue weighted by atomic mass is 32.2. The third-order valence-corrected chi connectivity index (χ3v) is 6.59. The van der Waals surface area contributed by atoms with Crippen LogP contribution in [0, 0.1) is 0 Å². The van der Waals surface area contributed by atoms with Gasteiger partial charge in [-0.05, 0) is 36.8 Å². The Morgan fingerprint density at radius 2 is 1.88 bits per heavy atom. The standard InChI is InChI=1S/C15H17N3O5S2/c16-24(19,20)14-4-1-5-15(9-14)25(21,22)18-8-6-13(11-18)23-12-3-2-7-17-10-12/h1-5,7,9-10,13H,6,8,11H2,(H2,16,19,20)/t13-/m1/s1. The maximum Gasteiger partial charge on any atom is 0.243 e. The molecule has 0 unspecified atom stereocenters. The molecule has 0 radical (unpaired) electrons. The van der Waals surface area contributed by atoms with Crippen LogP contribution in [0.15, 0.2) is 58.6 Å². The molecule has 25 heavy (non-hydrogen) atoms. The van der Waals surface area contributed by atoms with E-state index in [0.29, 0.717) is 12.2 Å². The number of primary sulfonamides is 1. The molecule has 1 aromatic carbocycles. The minimum atomic E-state index is -3.98. The molecule has 2 heterocycles. The van der Waals surface area contributed by atoms with E-state index in [9.17, 15) is 16.8 Å². The Balaban J connectivity index is 1.78. The zero-order valence-electron chi connectivity index (χ0n) is 13.1. The number of hydrogen-bond acceptors (Lipinski definition) is 6. The normalized spacial score (nSPS) is 19.0. The number of benzene rings is 1. The maximum atomic E-state index is 12.7. The lowest BCUT2D eigenvalue weighted by Gasteiger charge is -2.17. The molecule has 0 amide bonds. The fraction of sp³-hybridized carbons (Fsp3) is 0.267. The van der Waals surface area contributed by atoms with Crippen molar-refractivity contribution in [2.75, 3.05) is 13.1 Å². The Morgan fingerprint density at radius 3 is 2.56 bits per heavy atom. The molecule has 1 aliphatic heterocycles. The van der Waals surface area contributed by atoms with Crippen LogP contribution in [-0.4, -0.2) is 45.3 Å². The van der Waals surface area contributed by atoms with Crippen LogP contribution >= 0.6 is 0 Å². The quantitative estimate of drug-likeness (QED) is 0.806. The van der Waals surface area contributed by atoms with E-state index in [1.54, 1.807) is 24.5 Å². The predicted octanol–water partition coefficient (Wildman–Crippen LogP) is 0.571. The third-order valence-electron chi connectivity index (χ3n) is 3.82. The summed E-state index contributed by atoms with van der Waals surface area (Å²) in [6.45, 7) is 0.462. The van der Waals surface area contributed by atoms with Crippen molar-refractivity contribution in [3.63, 3.8) is 0 Å². The van der Waals surface area contributed by atoms with E-state index in [1.165, 1.54) is 22.5 Å². The second-order valence-electron chi connectivity index (χ2n) is 5.60. The molecule has 3 rings (SSSR count). The Hall–Kier alpha value is -2.01. The van der Waals surface area contributed by atoms with Crippen LogP contribution in [0.2, 0.25) is 0 Å². The molecule has 0 bridgehead atoms. The molecule has 0 spiro atoms. The Morgan fingerprint density at radius 1 is 1.12 bits per heavy atom. The summed E-state index contributed by atoms with van der Waals surface area (Å²) in [4.78, 5) is 3.60. The second-order valence-corrected chi connectivity index (χ2v) is 9.10. The highest BCUT2D eigenvalue weighted by Gasteiger charge is 2.34. The van der Waals surface area contributed by atoms with Gasteiger partial charge in [0.1, 0.15) is 11.9 Å². The monoisotopic (exact) mass is 383 g/mol. The van der Waals surface area contributed by atoms with Crippen molar-refractivity contribution < 1.29 is 21.6 Å². The van der Waals surface area contributed by atoms with Crippen LogP contribution in [0.4, 0.5) is 0 Å². The van der Waals surface area contributed by atoms with E-state index < -0.39 is 20.0 Å². The van der Waals surface area contributed by atoms with Crippen molar-refractivity contribution in [3.05, 3.63) is 48.8 Å². The van der Waals surface area contributed by atoms with E-state index in [1.807, 2.05) is 0 Å². The largest absolute Gasteiger partial charge is 0.487 e. The lowest BCUT2D eigenvalue weighted by atomic mass is 10.3. The lowest BCUT2D eigenvalue weighted by Crippen LogP contribution is -2.31. The van der Waals surface area contributed by atoms with Gasteiger partial charge >= 0.3 is 0 Å². The van der Waals surface area contributed by atoms with E-state index in [2.05, 4.69) is 4.98 Å². The first-order valence-corrected chi connectivity index (χ1v) is 10.5. The Bertz CT molecular complexity index is 962. The molecule has 2 aromatic rings. The number of rotatable bonds is 5. The van der Waals surface area contributed by atoms with Gasteiger partial charge in [-0.1, -0.05) is 6.07 Å². The molecular weight excluding hydrogens is 366 g/mol. The number of aromatic nitrogens is 1. The van der Waals surface area contributed by atoms with Crippen molar-refractivity contribution in [1.29, 1.82) is 0 Å². The Labute approximate surface area is 146 Å². The van der Waals surface area contributed by atoms with Crippen molar-refractivity contribution in [2.45, 2.75) is 22.3 Å². The number of hydrogen-bond donors (Lipinski definition) is 1. The van der Waals surface area contributed by atoms with Crippen LogP contribution in [0.25, 0.3) is 0 Å². The fourth-order valence-electron chi connectivity index (χ4n) is 2.58. The summed E-state index contributed by atoms with van der Waals surface area (Å²) in [5.41, 5.74) is 0. The van der Waals surface area contributed by atoms with Gasteiger partial charge in [0.25, 0.3) is 0 Å². The summed E-state index contributed by atoms with van der Waals surface area (Å²) in [5, 5.41) is 5.07. The summed E-state index contributed by atoms with van der Waals surface area (Å²) in [6.07, 6.45) is 3.42. The van der Waals surface area contributed by atoms with Gasteiger partial charge < -0.3 is 4.74 Å². The highest BCUT2D eigenvalue weighted by molar-refractivity contribution is 7.90. The fourth-order valence-corrected chi connectivity index (χ4v) is 4.75. The minimum Gasteiger partial charge on any atom is -0.487 e. The molecule has 1 fully saturated rings. The molecule has 8 nitrogen and oxygen atoms in total. The topological polar surface area (TPSA) is 120 Å². The number of nitrogens with two attached hydrogens (primary N) is 1. The van der Waals surface area contributed by atoms with Crippen molar-refractivity contribution in [1.82, 2.24) is 9.29 Å². The molecule has 1 aromatic heterocycles. The van der Waals surface area contributed by atoms with E-state index in [-0.39, 0.29) is 29.0 Å². The second kappa shape index (κ2) is 6.71. The Kier molecular flexibility index (Phi) is 4.78. The SMILES string of the molecule is NS(=O)(=O)c1cccc(S(=O)(=O)N2CC[C@@H](Oc3cccnc3)C2)c1. The van der Waals surface area contributed by atoms with E-state index in [0.717, 1.165) is 6.07 Å². The minimum absolute atomic E-state index is 0.110. The van der Waals surface area contributed by atoms with Crippen molar-refractivity contribution in [3.8, 4) is 5.75 Å². The summed E-state index contributed by atoms with van der Waals surface area (Å²) in [7, 11) is -7.80. The molecule has 0 aliphatic carbocycles. The van der Waals surface area contributed by atoms with Crippen molar-refractivity contribution in [2.24, 2.45) is 5.14 Å². The zero-order valence-corrected chi connectivity index (χ0v) is 14.8. The van der Waals surface area contributed by atoms with Gasteiger partial charge in [-0.15, -0.1) is 0 Å². The van der Waals surface area contributed by atoms with Crippen LogP contribution in [0.5, 0.6) is 5.75 Å². The van der Waals surface area contributed by atoms with E-state index >= 15 is 0 Å². The number of nitrogens with zero attached hydrogens (tertiary/aromatic N) is 2. The average Bonchev–Trinajstić information content (AvgIpc) is 3.04. The predicted molar refractivity (Wildman–Crippen MR) is 89.8 cm³/mol. The summed E-state index contributed by atoms with van der Waals surface area (Å²) in [6, 6.07) is 8.51. The first-order valence-electron chi connectivity index (χ1n) is 7.46. The summed E-state index contributed by atoms with van der Waals surface area (Å²) >= 11 is 0. The highest BCUT2D eigenvalue weighted by Crippen LogP contribution is 2.25. The smallest absolute Gasteiger partial charge is 0.243 e. The lowest BCUT2D eigenvalue weighted by molar-refractivity contribution is 0.214. The third kappa shape index (κ3) is 3.98. The van der Waals surface area contributed by atoms with Gasteiger partial charge in [-0.2, -0.15) is 4.31 Å². The van der Waals surface area contributed by atoms with Crippen LogP contribution in [0.1, 0.15) is 6.42 Å². The molecular formula is C15H17N3O5S2. The molecule has 134 valence electrons. The molecule has 1 aliphatic rings. The molecule has 1 saturated heterocycles. The van der Waals surface area contributed by atoms with Crippen LogP contribution in [0.3, 0.4) is 0 Å². The summed E-state index contributed by atoms with van der Waals surface area (Å²) < 4.78 is 55.3. The molecule has 10 heteroatoms. The maximum absolute atomic E-state index is 12.7. The first kappa shape index (κ1) is 17.8. The van der Waals surface area contributed by atoms with Gasteiger partial charge in [0, 0.05) is 12.7 Å². The van der Waals surface area contributed by atoms with Crippen LogP contribution < -0.4 is 9.88 Å². The van der Waals surface area contributed by atoms with Gasteiger partial charge in [-0.3, -0.25) is 4.98 Å². The van der Waals surface area contributed by atoms with E-state index in [4.69, 9.17) is 9.88 Å².